The number of nitrogens with two attached hydrogens (primary N) is 1. The lowest BCUT2D eigenvalue weighted by Gasteiger charge is -2.32. The van der Waals surface area contributed by atoms with E-state index in [1.54, 1.807) is 14.2 Å². The van der Waals surface area contributed by atoms with Crippen molar-refractivity contribution in [2.75, 3.05) is 33.9 Å². The average Bonchev–Trinajstić information content (AvgIpc) is 2.47. The van der Waals surface area contributed by atoms with Gasteiger partial charge in [0.25, 0.3) is 0 Å². The van der Waals surface area contributed by atoms with E-state index in [0.717, 1.165) is 43.2 Å². The van der Waals surface area contributed by atoms with Crippen LogP contribution in [0.25, 0.3) is 0 Å². The number of hydrogen-bond donors (Lipinski definition) is 1. The maximum absolute atomic E-state index is 5.79. The first kappa shape index (κ1) is 14.2. The predicted octanol–water partition coefficient (Wildman–Crippen LogP) is 1.87. The number of ether oxygens (including phenoxy) is 2. The average molecular weight is 264 g/mol. The Hall–Kier alpha value is -1.26. The van der Waals surface area contributed by atoms with Crippen LogP contribution in [-0.2, 0) is 6.54 Å². The van der Waals surface area contributed by atoms with Gasteiger partial charge >= 0.3 is 0 Å². The van der Waals surface area contributed by atoms with Crippen LogP contribution in [0, 0.1) is 5.92 Å². The van der Waals surface area contributed by atoms with Crippen LogP contribution < -0.4 is 15.2 Å². The molecule has 1 aromatic carbocycles. The predicted molar refractivity (Wildman–Crippen MR) is 76.6 cm³/mol. The smallest absolute Gasteiger partial charge is 0.127 e. The van der Waals surface area contributed by atoms with E-state index in [1.807, 2.05) is 18.2 Å². The summed E-state index contributed by atoms with van der Waals surface area (Å²) in [5.74, 6) is 2.41. The second-order valence-corrected chi connectivity index (χ2v) is 5.12. The molecule has 1 heterocycles. The van der Waals surface area contributed by atoms with Crippen molar-refractivity contribution in [2.24, 2.45) is 11.7 Å². The first-order valence-electron chi connectivity index (χ1n) is 6.90. The number of likely N-dealkylation sites (tertiary alicyclic amines) is 1. The summed E-state index contributed by atoms with van der Waals surface area (Å²) in [5, 5.41) is 0. The molecular formula is C15H24N2O2. The summed E-state index contributed by atoms with van der Waals surface area (Å²) in [6.07, 6.45) is 2.47. The number of benzene rings is 1. The Morgan fingerprint density at radius 3 is 2.53 bits per heavy atom. The highest BCUT2D eigenvalue weighted by Gasteiger charge is 2.21. The maximum Gasteiger partial charge on any atom is 0.127 e. The van der Waals surface area contributed by atoms with Crippen molar-refractivity contribution >= 4 is 0 Å². The Morgan fingerprint density at radius 1 is 1.26 bits per heavy atom. The van der Waals surface area contributed by atoms with E-state index in [0.29, 0.717) is 5.92 Å². The molecule has 1 aliphatic rings. The first-order chi connectivity index (χ1) is 9.28. The number of nitrogens with zero attached hydrogens (tertiary/aromatic N) is 1. The van der Waals surface area contributed by atoms with Crippen molar-refractivity contribution in [3.05, 3.63) is 23.8 Å². The van der Waals surface area contributed by atoms with E-state index < -0.39 is 0 Å². The zero-order valence-corrected chi connectivity index (χ0v) is 11.9. The standard InChI is InChI=1S/C15H24N2O2/c1-18-14-6-3-7-15(19-2)13(14)11-17-8-4-5-12(9-16)10-17/h3,6-7,12H,4-5,8-11,16H2,1-2H3. The normalized spacial score (nSPS) is 20.3. The van der Waals surface area contributed by atoms with Gasteiger partial charge < -0.3 is 15.2 Å². The van der Waals surface area contributed by atoms with Crippen LogP contribution >= 0.6 is 0 Å². The molecular weight excluding hydrogens is 240 g/mol. The third-order valence-electron chi connectivity index (χ3n) is 3.85. The fraction of sp³-hybridized carbons (Fsp3) is 0.600. The molecule has 0 aromatic heterocycles. The van der Waals surface area contributed by atoms with Gasteiger partial charge in [-0.3, -0.25) is 4.90 Å². The van der Waals surface area contributed by atoms with Crippen molar-refractivity contribution in [2.45, 2.75) is 19.4 Å². The van der Waals surface area contributed by atoms with Crippen LogP contribution in [0.5, 0.6) is 11.5 Å². The largest absolute Gasteiger partial charge is 0.496 e. The van der Waals surface area contributed by atoms with Crippen molar-refractivity contribution in [1.82, 2.24) is 4.90 Å². The number of methoxy groups -OCH3 is 2. The molecule has 1 aromatic rings. The van der Waals surface area contributed by atoms with E-state index in [9.17, 15) is 0 Å². The molecule has 1 aliphatic heterocycles. The summed E-state index contributed by atoms with van der Waals surface area (Å²) in [6, 6.07) is 5.94. The summed E-state index contributed by atoms with van der Waals surface area (Å²) in [6.45, 7) is 3.83. The summed E-state index contributed by atoms with van der Waals surface area (Å²) in [4.78, 5) is 2.45. The van der Waals surface area contributed by atoms with Crippen molar-refractivity contribution < 1.29 is 9.47 Å². The molecule has 106 valence electrons. The van der Waals surface area contributed by atoms with Crippen LogP contribution in [0.1, 0.15) is 18.4 Å². The maximum atomic E-state index is 5.79. The number of hydrogen-bond acceptors (Lipinski definition) is 4. The van der Waals surface area contributed by atoms with Gasteiger partial charge in [0.2, 0.25) is 0 Å². The van der Waals surface area contributed by atoms with E-state index in [1.165, 1.54) is 12.8 Å². The molecule has 0 spiro atoms. The Kier molecular flexibility index (Phi) is 5.05. The zero-order valence-electron chi connectivity index (χ0n) is 11.9. The molecule has 4 heteroatoms. The molecule has 0 radical (unpaired) electrons. The molecule has 4 nitrogen and oxygen atoms in total. The highest BCUT2D eigenvalue weighted by molar-refractivity contribution is 5.44. The van der Waals surface area contributed by atoms with Gasteiger partial charge in [-0.15, -0.1) is 0 Å². The van der Waals surface area contributed by atoms with E-state index in [4.69, 9.17) is 15.2 Å². The van der Waals surface area contributed by atoms with Gasteiger partial charge in [-0.25, -0.2) is 0 Å². The molecule has 0 aliphatic carbocycles. The van der Waals surface area contributed by atoms with Crippen molar-refractivity contribution in [1.29, 1.82) is 0 Å². The van der Waals surface area contributed by atoms with Gasteiger partial charge in [0.15, 0.2) is 0 Å². The second-order valence-electron chi connectivity index (χ2n) is 5.12. The molecule has 1 unspecified atom stereocenters. The molecule has 0 bridgehead atoms. The Labute approximate surface area is 115 Å². The lowest BCUT2D eigenvalue weighted by molar-refractivity contribution is 0.167. The van der Waals surface area contributed by atoms with Gasteiger partial charge in [-0.2, -0.15) is 0 Å². The molecule has 2 rings (SSSR count). The molecule has 2 N–H and O–H groups in total. The minimum Gasteiger partial charge on any atom is -0.496 e. The van der Waals surface area contributed by atoms with E-state index in [-0.39, 0.29) is 0 Å². The molecule has 19 heavy (non-hydrogen) atoms. The summed E-state index contributed by atoms with van der Waals surface area (Å²) in [5.41, 5.74) is 6.92. The van der Waals surface area contributed by atoms with Crippen LogP contribution in [0.15, 0.2) is 18.2 Å². The van der Waals surface area contributed by atoms with Crippen LogP contribution in [0.3, 0.4) is 0 Å². The Bertz CT molecular complexity index is 387. The van der Waals surface area contributed by atoms with Crippen molar-refractivity contribution in [3.63, 3.8) is 0 Å². The molecule has 0 amide bonds. The molecule has 1 fully saturated rings. The minimum atomic E-state index is 0.620. The fourth-order valence-electron chi connectivity index (χ4n) is 2.79. The topological polar surface area (TPSA) is 47.7 Å². The van der Waals surface area contributed by atoms with Gasteiger partial charge in [0.05, 0.1) is 19.8 Å². The third kappa shape index (κ3) is 3.39. The van der Waals surface area contributed by atoms with Crippen molar-refractivity contribution in [3.8, 4) is 11.5 Å². The Morgan fingerprint density at radius 2 is 1.95 bits per heavy atom. The molecule has 1 atom stereocenters. The second kappa shape index (κ2) is 6.78. The third-order valence-corrected chi connectivity index (χ3v) is 3.85. The van der Waals surface area contributed by atoms with Gasteiger partial charge in [-0.1, -0.05) is 6.07 Å². The number of piperidine rings is 1. The first-order valence-corrected chi connectivity index (χ1v) is 6.90. The highest BCUT2D eigenvalue weighted by Crippen LogP contribution is 2.30. The lowest BCUT2D eigenvalue weighted by atomic mass is 9.97. The lowest BCUT2D eigenvalue weighted by Crippen LogP contribution is -2.38. The monoisotopic (exact) mass is 264 g/mol. The Balaban J connectivity index is 2.13. The summed E-state index contributed by atoms with van der Waals surface area (Å²) in [7, 11) is 3.41. The summed E-state index contributed by atoms with van der Waals surface area (Å²) < 4.78 is 10.9. The fourth-order valence-corrected chi connectivity index (χ4v) is 2.79. The molecule has 0 saturated carbocycles. The van der Waals surface area contributed by atoms with E-state index in [2.05, 4.69) is 4.90 Å². The molecule has 1 saturated heterocycles. The van der Waals surface area contributed by atoms with Gasteiger partial charge in [0, 0.05) is 13.1 Å². The van der Waals surface area contributed by atoms with E-state index >= 15 is 0 Å². The van der Waals surface area contributed by atoms with Crippen LogP contribution in [0.2, 0.25) is 0 Å². The van der Waals surface area contributed by atoms with Crippen LogP contribution in [0.4, 0.5) is 0 Å². The quantitative estimate of drug-likeness (QED) is 0.882. The number of rotatable bonds is 5. The summed E-state index contributed by atoms with van der Waals surface area (Å²) >= 11 is 0. The SMILES string of the molecule is COc1cccc(OC)c1CN1CCCC(CN)C1. The zero-order chi connectivity index (χ0) is 13.7. The van der Waals surface area contributed by atoms with Crippen LogP contribution in [-0.4, -0.2) is 38.8 Å². The van der Waals surface area contributed by atoms with Gasteiger partial charge in [-0.05, 0) is 44.0 Å². The minimum absolute atomic E-state index is 0.620. The van der Waals surface area contributed by atoms with Gasteiger partial charge in [0.1, 0.15) is 11.5 Å². The highest BCUT2D eigenvalue weighted by atomic mass is 16.5.